The molecule has 7 N–H and O–H groups in total. The lowest BCUT2D eigenvalue weighted by Gasteiger charge is -2.24. The van der Waals surface area contributed by atoms with Crippen LogP contribution < -0.4 is 26.7 Å². The van der Waals surface area contributed by atoms with Crippen LogP contribution in [0.3, 0.4) is 0 Å². The molecule has 4 rings (SSSR count). The number of carbonyl (C=O) groups is 2. The lowest BCUT2D eigenvalue weighted by Crippen LogP contribution is -2.29. The lowest BCUT2D eigenvalue weighted by molar-refractivity contribution is -0.122. The molecule has 1 aromatic heterocycles. The molecule has 1 aliphatic carbocycles. The van der Waals surface area contributed by atoms with Crippen molar-refractivity contribution >= 4 is 33.4 Å². The van der Waals surface area contributed by atoms with Crippen molar-refractivity contribution in [1.29, 1.82) is 0 Å². The first-order valence-corrected chi connectivity index (χ1v) is 13.8. The van der Waals surface area contributed by atoms with Crippen LogP contribution in [0.15, 0.2) is 58.4 Å². The van der Waals surface area contributed by atoms with E-state index in [0.29, 0.717) is 41.4 Å². The molecule has 0 saturated heterocycles. The van der Waals surface area contributed by atoms with Gasteiger partial charge < -0.3 is 21.5 Å². The Hall–Kier alpha value is -4.23. The van der Waals surface area contributed by atoms with Crippen LogP contribution >= 0.6 is 0 Å². The molecule has 0 atom stereocenters. The van der Waals surface area contributed by atoms with Crippen molar-refractivity contribution in [3.63, 3.8) is 0 Å². The number of aliphatic imine (C=N–C) groups is 1. The van der Waals surface area contributed by atoms with E-state index in [1.165, 1.54) is 23.9 Å². The summed E-state index contributed by atoms with van der Waals surface area (Å²) in [6, 6.07) is 12.7. The zero-order valence-electron chi connectivity index (χ0n) is 21.6. The molecule has 1 aliphatic rings. The second-order valence-corrected chi connectivity index (χ2v) is 10.9. The topological polar surface area (TPSA) is 198 Å². The number of hydrogen-bond donors (Lipinski definition) is 4. The molecule has 0 unspecified atom stereocenters. The molecule has 3 aromatic rings. The number of aromatic nitrogens is 2. The third-order valence-electron chi connectivity index (χ3n) is 6.63. The fraction of sp³-hybridized carbons (Fsp3) is 0.308. The van der Waals surface area contributed by atoms with Crippen LogP contribution in [0.2, 0.25) is 0 Å². The maximum atomic E-state index is 13.2. The Bertz CT molecular complexity index is 1520. The predicted molar refractivity (Wildman–Crippen MR) is 146 cm³/mol. The van der Waals surface area contributed by atoms with Crippen molar-refractivity contribution in [2.75, 3.05) is 12.4 Å². The largest absolute Gasteiger partial charge is 0.497 e. The molecule has 1 saturated carbocycles. The summed E-state index contributed by atoms with van der Waals surface area (Å²) in [7, 11) is -2.75. The average Bonchev–Trinajstić information content (AvgIpc) is 3.30. The van der Waals surface area contributed by atoms with Crippen molar-refractivity contribution in [2.45, 2.75) is 43.5 Å². The highest BCUT2D eigenvalue weighted by Gasteiger charge is 2.25. The number of nitrogens with one attached hydrogen (secondary N) is 1. The van der Waals surface area contributed by atoms with Crippen LogP contribution in [0.1, 0.15) is 47.4 Å². The van der Waals surface area contributed by atoms with Gasteiger partial charge in [-0.1, -0.05) is 0 Å². The molecule has 0 radical (unpaired) electrons. The number of aryl methyl sites for hydroxylation is 1. The molecule has 0 bridgehead atoms. The number of benzene rings is 2. The van der Waals surface area contributed by atoms with Gasteiger partial charge in [-0.15, -0.1) is 0 Å². The van der Waals surface area contributed by atoms with Gasteiger partial charge >= 0.3 is 0 Å². The summed E-state index contributed by atoms with van der Waals surface area (Å²) in [4.78, 5) is 28.9. The minimum Gasteiger partial charge on any atom is -0.497 e. The Labute approximate surface area is 226 Å². The van der Waals surface area contributed by atoms with E-state index in [2.05, 4.69) is 15.4 Å². The van der Waals surface area contributed by atoms with Gasteiger partial charge in [0.2, 0.25) is 15.9 Å². The summed E-state index contributed by atoms with van der Waals surface area (Å²) < 4.78 is 30.9. The first kappa shape index (κ1) is 27.8. The first-order valence-electron chi connectivity index (χ1n) is 12.3. The highest BCUT2D eigenvalue weighted by atomic mass is 32.2. The van der Waals surface area contributed by atoms with E-state index in [1.54, 1.807) is 43.3 Å². The second-order valence-electron chi connectivity index (χ2n) is 9.42. The van der Waals surface area contributed by atoms with E-state index >= 15 is 0 Å². The Kier molecular flexibility index (Phi) is 8.02. The van der Waals surface area contributed by atoms with Gasteiger partial charge in [-0.25, -0.2) is 18.2 Å². The monoisotopic (exact) mass is 553 g/mol. The summed E-state index contributed by atoms with van der Waals surface area (Å²) in [5.41, 5.74) is 13.5. The number of ether oxygens (including phenoxy) is 1. The van der Waals surface area contributed by atoms with E-state index in [1.807, 2.05) is 0 Å². The zero-order valence-corrected chi connectivity index (χ0v) is 22.4. The van der Waals surface area contributed by atoms with E-state index in [-0.39, 0.29) is 34.1 Å². The SMILES string of the molecule is COc1ccc(-n2nc(C)cc2C(=O)Nc2ccc(C(N)=NC3CCC(C(N)=O)CC3)cc2)c(S(N)(=O)=O)c1. The number of anilines is 1. The van der Waals surface area contributed by atoms with Gasteiger partial charge in [0, 0.05) is 23.2 Å². The maximum absolute atomic E-state index is 13.2. The minimum absolute atomic E-state index is 0.0312. The smallest absolute Gasteiger partial charge is 0.274 e. The number of rotatable bonds is 8. The van der Waals surface area contributed by atoms with Crippen LogP contribution in [0, 0.1) is 12.8 Å². The number of methoxy groups -OCH3 is 1. The Balaban J connectivity index is 1.52. The minimum atomic E-state index is -4.15. The fourth-order valence-electron chi connectivity index (χ4n) is 4.55. The molecule has 13 heteroatoms. The average molecular weight is 554 g/mol. The van der Waals surface area contributed by atoms with Crippen LogP contribution in [0.25, 0.3) is 5.69 Å². The van der Waals surface area contributed by atoms with Gasteiger partial charge in [-0.3, -0.25) is 14.6 Å². The molecular weight excluding hydrogens is 522 g/mol. The third kappa shape index (κ3) is 6.44. The van der Waals surface area contributed by atoms with Gasteiger partial charge in [-0.2, -0.15) is 5.10 Å². The van der Waals surface area contributed by atoms with Crippen molar-refractivity contribution in [2.24, 2.45) is 27.5 Å². The van der Waals surface area contributed by atoms with Gasteiger partial charge in [0.1, 0.15) is 22.2 Å². The number of primary sulfonamides is 1. The number of primary amides is 1. The van der Waals surface area contributed by atoms with Gasteiger partial charge in [0.25, 0.3) is 5.91 Å². The number of nitrogens with two attached hydrogens (primary N) is 3. The first-order chi connectivity index (χ1) is 18.5. The van der Waals surface area contributed by atoms with E-state index in [4.69, 9.17) is 21.3 Å². The summed E-state index contributed by atoms with van der Waals surface area (Å²) in [6.45, 7) is 1.69. The normalized spacial score (nSPS) is 18.0. The number of amides is 2. The molecule has 2 aromatic carbocycles. The molecule has 206 valence electrons. The summed E-state index contributed by atoms with van der Waals surface area (Å²) >= 11 is 0. The van der Waals surface area contributed by atoms with E-state index in [0.717, 1.165) is 12.8 Å². The number of nitrogens with zero attached hydrogens (tertiary/aromatic N) is 3. The van der Waals surface area contributed by atoms with Crippen LogP contribution in [-0.4, -0.2) is 49.0 Å². The molecular formula is C26H31N7O5S. The van der Waals surface area contributed by atoms with Gasteiger partial charge in [0.15, 0.2) is 0 Å². The van der Waals surface area contributed by atoms with Gasteiger partial charge in [-0.05, 0) is 75.1 Å². The lowest BCUT2D eigenvalue weighted by atomic mass is 9.86. The maximum Gasteiger partial charge on any atom is 0.274 e. The summed E-state index contributed by atoms with van der Waals surface area (Å²) in [5.74, 6) is -0.211. The molecule has 39 heavy (non-hydrogen) atoms. The van der Waals surface area contributed by atoms with Crippen molar-refractivity contribution in [3.05, 3.63) is 65.5 Å². The second kappa shape index (κ2) is 11.3. The molecule has 0 spiro atoms. The van der Waals surface area contributed by atoms with E-state index < -0.39 is 15.9 Å². The number of hydrogen-bond acceptors (Lipinski definition) is 7. The van der Waals surface area contributed by atoms with E-state index in [9.17, 15) is 18.0 Å². The quantitative estimate of drug-likeness (QED) is 0.241. The molecule has 0 aliphatic heterocycles. The molecule has 2 amide bonds. The number of carbonyl (C=O) groups excluding carboxylic acids is 2. The molecule has 1 fully saturated rings. The van der Waals surface area contributed by atoms with Crippen LogP contribution in [-0.2, 0) is 14.8 Å². The highest BCUT2D eigenvalue weighted by Crippen LogP contribution is 2.27. The molecule has 1 heterocycles. The zero-order chi connectivity index (χ0) is 28.3. The van der Waals surface area contributed by atoms with Crippen LogP contribution in [0.5, 0.6) is 5.75 Å². The predicted octanol–water partition coefficient (Wildman–Crippen LogP) is 1.84. The Morgan fingerprint density at radius 3 is 2.31 bits per heavy atom. The highest BCUT2D eigenvalue weighted by molar-refractivity contribution is 7.89. The van der Waals surface area contributed by atoms with Crippen LogP contribution in [0.4, 0.5) is 5.69 Å². The Morgan fingerprint density at radius 2 is 1.72 bits per heavy atom. The van der Waals surface area contributed by atoms with Gasteiger partial charge in [0.05, 0.1) is 24.5 Å². The fourth-order valence-corrected chi connectivity index (χ4v) is 5.28. The van der Waals surface area contributed by atoms with Crippen molar-refractivity contribution in [1.82, 2.24) is 9.78 Å². The number of amidine groups is 1. The number of sulfonamides is 1. The molecule has 12 nitrogen and oxygen atoms in total. The standard InChI is InChI=1S/C26H31N7O5S/c1-15-13-22(33(32-15)21-12-11-20(38-2)14-23(21)39(29,36)37)26(35)31-19-7-3-16(4-8-19)24(27)30-18-9-5-17(6-10-18)25(28)34/h3-4,7-8,11-14,17-18H,5-6,9-10H2,1-2H3,(H2,27,30)(H2,28,34)(H,31,35)(H2,29,36,37). The Morgan fingerprint density at radius 1 is 1.05 bits per heavy atom. The third-order valence-corrected chi connectivity index (χ3v) is 7.57. The summed E-state index contributed by atoms with van der Waals surface area (Å²) in [6.07, 6.45) is 2.90. The summed E-state index contributed by atoms with van der Waals surface area (Å²) in [5, 5.41) is 12.5. The van der Waals surface area contributed by atoms with Crippen molar-refractivity contribution < 1.29 is 22.7 Å². The van der Waals surface area contributed by atoms with Crippen molar-refractivity contribution in [3.8, 4) is 11.4 Å².